The quantitative estimate of drug-likeness (QED) is 0.411. The van der Waals surface area contributed by atoms with Gasteiger partial charge in [0.25, 0.3) is 15.9 Å². The number of rotatable bonds is 7. The number of carbonyl (C=O) groups excluding carboxylic acids is 1. The molecule has 0 radical (unpaired) electrons. The predicted octanol–water partition coefficient (Wildman–Crippen LogP) is 6.10. The van der Waals surface area contributed by atoms with Crippen molar-refractivity contribution in [2.24, 2.45) is 0 Å². The van der Waals surface area contributed by atoms with E-state index in [1.807, 2.05) is 0 Å². The minimum absolute atomic E-state index is 0.0802. The van der Waals surface area contributed by atoms with Crippen molar-refractivity contribution in [2.45, 2.75) is 11.8 Å². The molecular formula is C21H17Cl3N2O4S. The third-order valence-corrected chi connectivity index (χ3v) is 6.42. The zero-order valence-corrected chi connectivity index (χ0v) is 19.2. The van der Waals surface area contributed by atoms with E-state index in [4.69, 9.17) is 39.5 Å². The molecule has 3 aromatic carbocycles. The van der Waals surface area contributed by atoms with Gasteiger partial charge in [-0.05, 0) is 61.5 Å². The summed E-state index contributed by atoms with van der Waals surface area (Å²) in [5, 5.41) is 3.59. The minimum atomic E-state index is -3.98. The monoisotopic (exact) mass is 498 g/mol. The maximum atomic E-state index is 12.9. The Labute approximate surface area is 195 Å². The second-order valence-electron chi connectivity index (χ2n) is 6.29. The first kappa shape index (κ1) is 23.2. The highest BCUT2D eigenvalue weighted by molar-refractivity contribution is 7.92. The summed E-state index contributed by atoms with van der Waals surface area (Å²) in [7, 11) is -3.98. The number of benzene rings is 3. The van der Waals surface area contributed by atoms with Crippen LogP contribution in [0.4, 0.5) is 11.4 Å². The van der Waals surface area contributed by atoms with Crippen molar-refractivity contribution in [3.05, 3.63) is 81.3 Å². The Bertz CT molecular complexity index is 1230. The van der Waals surface area contributed by atoms with Crippen molar-refractivity contribution < 1.29 is 17.9 Å². The molecule has 3 rings (SSSR count). The van der Waals surface area contributed by atoms with Crippen molar-refractivity contribution >= 4 is 62.1 Å². The lowest BCUT2D eigenvalue weighted by Gasteiger charge is -2.15. The maximum Gasteiger partial charge on any atom is 0.261 e. The molecule has 0 aliphatic carbocycles. The fourth-order valence-corrected chi connectivity index (χ4v) is 4.22. The molecular weight excluding hydrogens is 483 g/mol. The highest BCUT2D eigenvalue weighted by Crippen LogP contribution is 2.31. The van der Waals surface area contributed by atoms with Gasteiger partial charge >= 0.3 is 0 Å². The van der Waals surface area contributed by atoms with E-state index in [0.717, 1.165) is 0 Å². The number of halogens is 3. The number of ether oxygens (including phenoxy) is 1. The maximum absolute atomic E-state index is 12.9. The summed E-state index contributed by atoms with van der Waals surface area (Å²) >= 11 is 17.8. The van der Waals surface area contributed by atoms with Gasteiger partial charge in [0.2, 0.25) is 0 Å². The minimum Gasteiger partial charge on any atom is -0.492 e. The van der Waals surface area contributed by atoms with Crippen LogP contribution in [0.15, 0.2) is 65.6 Å². The molecule has 6 nitrogen and oxygen atoms in total. The number of hydrogen-bond donors (Lipinski definition) is 2. The number of amides is 1. The van der Waals surface area contributed by atoms with E-state index in [9.17, 15) is 13.2 Å². The summed E-state index contributed by atoms with van der Waals surface area (Å²) in [6.07, 6.45) is 0. The summed E-state index contributed by atoms with van der Waals surface area (Å²) in [5.74, 6) is -0.137. The number of carbonyl (C=O) groups is 1. The molecule has 0 atom stereocenters. The molecule has 0 saturated heterocycles. The van der Waals surface area contributed by atoms with E-state index >= 15 is 0 Å². The van der Waals surface area contributed by atoms with E-state index in [1.54, 1.807) is 25.1 Å². The Balaban J connectivity index is 1.92. The van der Waals surface area contributed by atoms with Gasteiger partial charge in [-0.2, -0.15) is 0 Å². The molecule has 2 N–H and O–H groups in total. The first-order valence-electron chi connectivity index (χ1n) is 9.01. The van der Waals surface area contributed by atoms with E-state index in [-0.39, 0.29) is 21.3 Å². The largest absolute Gasteiger partial charge is 0.492 e. The van der Waals surface area contributed by atoms with Crippen molar-refractivity contribution in [3.63, 3.8) is 0 Å². The molecule has 0 bridgehead atoms. The van der Waals surface area contributed by atoms with Crippen LogP contribution < -0.4 is 14.8 Å². The number of sulfonamides is 1. The molecule has 162 valence electrons. The fourth-order valence-electron chi connectivity index (χ4n) is 2.65. The molecule has 3 aromatic rings. The topological polar surface area (TPSA) is 84.5 Å². The van der Waals surface area contributed by atoms with Crippen molar-refractivity contribution in [1.29, 1.82) is 0 Å². The lowest BCUT2D eigenvalue weighted by molar-refractivity contribution is 0.102. The molecule has 0 aromatic heterocycles. The van der Waals surface area contributed by atoms with E-state index in [0.29, 0.717) is 28.0 Å². The first-order valence-corrected chi connectivity index (χ1v) is 11.6. The average molecular weight is 500 g/mol. The zero-order chi connectivity index (χ0) is 22.6. The lowest BCUT2D eigenvalue weighted by atomic mass is 10.2. The van der Waals surface area contributed by atoms with Gasteiger partial charge in [0.05, 0.1) is 32.9 Å². The molecule has 1 amide bonds. The Morgan fingerprint density at radius 2 is 1.74 bits per heavy atom. The summed E-state index contributed by atoms with van der Waals surface area (Å²) in [6, 6.07) is 14.9. The van der Waals surface area contributed by atoms with Gasteiger partial charge in [-0.1, -0.05) is 40.9 Å². The van der Waals surface area contributed by atoms with Crippen molar-refractivity contribution in [1.82, 2.24) is 0 Å². The smallest absolute Gasteiger partial charge is 0.261 e. The van der Waals surface area contributed by atoms with Crippen molar-refractivity contribution in [3.8, 4) is 5.75 Å². The molecule has 0 spiro atoms. The van der Waals surface area contributed by atoms with Gasteiger partial charge in [0.15, 0.2) is 0 Å². The first-order chi connectivity index (χ1) is 14.7. The summed E-state index contributed by atoms with van der Waals surface area (Å²) < 4.78 is 33.7. The second kappa shape index (κ2) is 9.78. The average Bonchev–Trinajstić information content (AvgIpc) is 2.72. The van der Waals surface area contributed by atoms with Crippen LogP contribution in [0.3, 0.4) is 0 Å². The van der Waals surface area contributed by atoms with Crippen LogP contribution in [-0.4, -0.2) is 20.9 Å². The fraction of sp³-hybridized carbons (Fsp3) is 0.0952. The summed E-state index contributed by atoms with van der Waals surface area (Å²) in [6.45, 7) is 2.10. The number of nitrogens with one attached hydrogen (secondary N) is 2. The van der Waals surface area contributed by atoms with E-state index in [2.05, 4.69) is 10.0 Å². The van der Waals surface area contributed by atoms with Gasteiger partial charge in [-0.25, -0.2) is 8.42 Å². The van der Waals surface area contributed by atoms with Crippen LogP contribution in [0, 0.1) is 0 Å². The third-order valence-electron chi connectivity index (χ3n) is 4.07. The molecule has 0 saturated carbocycles. The molecule has 31 heavy (non-hydrogen) atoms. The molecule has 0 heterocycles. The van der Waals surface area contributed by atoms with Gasteiger partial charge < -0.3 is 10.1 Å². The Kier molecular flexibility index (Phi) is 7.33. The van der Waals surface area contributed by atoms with E-state index in [1.165, 1.54) is 42.5 Å². The molecule has 10 heteroatoms. The van der Waals surface area contributed by atoms with Gasteiger partial charge in [0, 0.05) is 10.6 Å². The highest BCUT2D eigenvalue weighted by atomic mass is 35.5. The van der Waals surface area contributed by atoms with E-state index < -0.39 is 15.9 Å². The number of hydrogen-bond acceptors (Lipinski definition) is 4. The van der Waals surface area contributed by atoms with Crippen LogP contribution in [0.1, 0.15) is 17.3 Å². The van der Waals surface area contributed by atoms with Gasteiger partial charge in [0.1, 0.15) is 5.75 Å². The summed E-state index contributed by atoms with van der Waals surface area (Å²) in [5.41, 5.74) is 0.758. The standard InChI is InChI=1S/C21H17Cl3N2O4S/c1-2-30-20-9-7-16(31(28,29)26-15-6-8-17(23)18(24)11-15)12-19(20)25-21(27)13-4-3-5-14(22)10-13/h3-12,26H,2H2,1H3,(H,25,27). The third kappa shape index (κ3) is 5.83. The number of anilines is 2. The van der Waals surface area contributed by atoms with Crippen molar-refractivity contribution in [2.75, 3.05) is 16.6 Å². The zero-order valence-electron chi connectivity index (χ0n) is 16.2. The Morgan fingerprint density at radius 3 is 2.42 bits per heavy atom. The van der Waals surface area contributed by atoms with Gasteiger partial charge in [-0.15, -0.1) is 0 Å². The van der Waals surface area contributed by atoms with Crippen LogP contribution in [-0.2, 0) is 10.0 Å². The predicted molar refractivity (Wildman–Crippen MR) is 124 cm³/mol. The van der Waals surface area contributed by atoms with Crippen LogP contribution >= 0.6 is 34.8 Å². The Morgan fingerprint density at radius 1 is 0.968 bits per heavy atom. The molecule has 0 unspecified atom stereocenters. The van der Waals surface area contributed by atoms with Crippen LogP contribution in [0.25, 0.3) is 0 Å². The molecule has 0 aliphatic heterocycles. The Hall–Kier alpha value is -2.45. The molecule has 0 aliphatic rings. The molecule has 0 fully saturated rings. The normalized spacial score (nSPS) is 11.1. The van der Waals surface area contributed by atoms with Crippen LogP contribution in [0.2, 0.25) is 15.1 Å². The van der Waals surface area contributed by atoms with Crippen LogP contribution in [0.5, 0.6) is 5.75 Å². The highest BCUT2D eigenvalue weighted by Gasteiger charge is 2.19. The SMILES string of the molecule is CCOc1ccc(S(=O)(=O)Nc2ccc(Cl)c(Cl)c2)cc1NC(=O)c1cccc(Cl)c1. The lowest BCUT2D eigenvalue weighted by Crippen LogP contribution is -2.16. The summed E-state index contributed by atoms with van der Waals surface area (Å²) in [4.78, 5) is 12.5. The second-order valence-corrected chi connectivity index (χ2v) is 9.22. The van der Waals surface area contributed by atoms with Gasteiger partial charge in [-0.3, -0.25) is 9.52 Å².